The second-order valence-corrected chi connectivity index (χ2v) is 7.97. The van der Waals surface area contributed by atoms with Gasteiger partial charge in [0.1, 0.15) is 0 Å². The second-order valence-electron chi connectivity index (χ2n) is 6.19. The molecule has 2 N–H and O–H groups in total. The maximum absolute atomic E-state index is 12.3. The van der Waals surface area contributed by atoms with Crippen molar-refractivity contribution in [2.24, 2.45) is 0 Å². The number of hydrogen-bond donors (Lipinski definition) is 2. The zero-order valence-electron chi connectivity index (χ0n) is 12.7. The minimum absolute atomic E-state index is 0.0952. The van der Waals surface area contributed by atoms with Gasteiger partial charge in [0.25, 0.3) is 10.2 Å². The maximum Gasteiger partial charge on any atom is 0.279 e. The Kier molecular flexibility index (Phi) is 5.07. The van der Waals surface area contributed by atoms with Gasteiger partial charge >= 0.3 is 0 Å². The summed E-state index contributed by atoms with van der Waals surface area (Å²) in [5.41, 5.74) is -0.501. The fourth-order valence-corrected chi connectivity index (χ4v) is 3.74. The first kappa shape index (κ1) is 16.2. The molecule has 6 nitrogen and oxygen atoms in total. The molecule has 0 bridgehead atoms. The van der Waals surface area contributed by atoms with Crippen LogP contribution in [0.2, 0.25) is 0 Å². The molecule has 2 atom stereocenters. The molecule has 1 aliphatic carbocycles. The normalized spacial score (nSPS) is 31.1. The number of nitrogens with one attached hydrogen (secondary N) is 2. The second kappa shape index (κ2) is 6.27. The minimum Gasteiger partial charge on any atom is -0.376 e. The lowest BCUT2D eigenvalue weighted by molar-refractivity contribution is 0.0952. The molecular weight excluding hydrogens is 278 g/mol. The van der Waals surface area contributed by atoms with Crippen molar-refractivity contribution in [1.29, 1.82) is 0 Å². The lowest BCUT2D eigenvalue weighted by Crippen LogP contribution is -2.54. The first-order chi connectivity index (χ1) is 9.33. The molecule has 0 spiro atoms. The molecule has 2 unspecified atom stereocenters. The molecule has 0 amide bonds. The topological polar surface area (TPSA) is 70.7 Å². The van der Waals surface area contributed by atoms with E-state index in [2.05, 4.69) is 10.0 Å². The fraction of sp³-hybridized carbons (Fsp3) is 1.00. The van der Waals surface area contributed by atoms with Gasteiger partial charge < -0.3 is 10.1 Å². The van der Waals surface area contributed by atoms with Crippen LogP contribution in [-0.2, 0) is 14.9 Å². The molecule has 2 fully saturated rings. The van der Waals surface area contributed by atoms with Crippen molar-refractivity contribution in [2.45, 2.75) is 57.2 Å². The van der Waals surface area contributed by atoms with Crippen molar-refractivity contribution in [3.63, 3.8) is 0 Å². The van der Waals surface area contributed by atoms with Gasteiger partial charge in [-0.05, 0) is 46.1 Å². The SMILES string of the molecule is CC1OCCC1(C)NS(=O)(=O)N(C)CCCNC1CC1. The van der Waals surface area contributed by atoms with Gasteiger partial charge in [-0.15, -0.1) is 0 Å². The molecule has 1 saturated heterocycles. The van der Waals surface area contributed by atoms with Gasteiger partial charge in [0, 0.05) is 26.2 Å². The third-order valence-electron chi connectivity index (χ3n) is 4.32. The Balaban J connectivity index is 1.78. The van der Waals surface area contributed by atoms with Gasteiger partial charge in [0.2, 0.25) is 0 Å². The minimum atomic E-state index is -3.44. The summed E-state index contributed by atoms with van der Waals surface area (Å²) in [5.74, 6) is 0. The predicted molar refractivity (Wildman–Crippen MR) is 78.8 cm³/mol. The summed E-state index contributed by atoms with van der Waals surface area (Å²) in [5, 5.41) is 3.39. The Morgan fingerprint density at radius 3 is 2.65 bits per heavy atom. The monoisotopic (exact) mass is 305 g/mol. The zero-order chi connectivity index (χ0) is 14.8. The summed E-state index contributed by atoms with van der Waals surface area (Å²) >= 11 is 0. The number of rotatable bonds is 8. The summed E-state index contributed by atoms with van der Waals surface area (Å²) in [6, 6.07) is 0.672. The molecule has 2 aliphatic rings. The summed E-state index contributed by atoms with van der Waals surface area (Å²) in [7, 11) is -1.82. The van der Waals surface area contributed by atoms with Crippen molar-refractivity contribution in [3.8, 4) is 0 Å². The van der Waals surface area contributed by atoms with Crippen molar-refractivity contribution in [1.82, 2.24) is 14.3 Å². The van der Waals surface area contributed by atoms with E-state index in [-0.39, 0.29) is 6.10 Å². The number of nitrogens with zero attached hydrogens (tertiary/aromatic N) is 1. The van der Waals surface area contributed by atoms with Crippen LogP contribution >= 0.6 is 0 Å². The molecule has 0 aromatic heterocycles. The molecule has 0 aromatic carbocycles. The van der Waals surface area contributed by atoms with Crippen LogP contribution in [0.25, 0.3) is 0 Å². The van der Waals surface area contributed by atoms with Crippen LogP contribution in [0, 0.1) is 0 Å². The van der Waals surface area contributed by atoms with E-state index in [1.165, 1.54) is 17.1 Å². The lowest BCUT2D eigenvalue weighted by Gasteiger charge is -2.30. The van der Waals surface area contributed by atoms with Crippen molar-refractivity contribution >= 4 is 10.2 Å². The summed E-state index contributed by atoms with van der Waals surface area (Å²) < 4.78 is 34.3. The highest BCUT2D eigenvalue weighted by Crippen LogP contribution is 2.26. The molecule has 118 valence electrons. The summed E-state index contributed by atoms with van der Waals surface area (Å²) in [6.45, 7) is 5.83. The van der Waals surface area contributed by atoms with Gasteiger partial charge in [0.05, 0.1) is 11.6 Å². The Labute approximate surface area is 122 Å². The zero-order valence-corrected chi connectivity index (χ0v) is 13.5. The Morgan fingerprint density at radius 2 is 2.10 bits per heavy atom. The predicted octanol–water partition coefficient (Wildman–Crippen LogP) is 0.462. The van der Waals surface area contributed by atoms with E-state index < -0.39 is 15.7 Å². The van der Waals surface area contributed by atoms with E-state index in [1.807, 2.05) is 13.8 Å². The molecule has 20 heavy (non-hydrogen) atoms. The van der Waals surface area contributed by atoms with Crippen LogP contribution in [0.15, 0.2) is 0 Å². The quantitative estimate of drug-likeness (QED) is 0.639. The van der Waals surface area contributed by atoms with Crippen LogP contribution in [0.1, 0.15) is 39.5 Å². The first-order valence-electron chi connectivity index (χ1n) is 7.44. The van der Waals surface area contributed by atoms with E-state index >= 15 is 0 Å². The molecule has 1 heterocycles. The highest BCUT2D eigenvalue weighted by atomic mass is 32.2. The average Bonchev–Trinajstić information content (AvgIpc) is 3.12. The smallest absolute Gasteiger partial charge is 0.279 e. The third kappa shape index (κ3) is 4.14. The molecule has 2 rings (SSSR count). The fourth-order valence-electron chi connectivity index (χ4n) is 2.36. The maximum atomic E-state index is 12.3. The number of ether oxygens (including phenoxy) is 1. The molecule has 0 radical (unpaired) electrons. The van der Waals surface area contributed by atoms with Gasteiger partial charge in [-0.3, -0.25) is 0 Å². The Bertz CT molecular complexity index is 425. The van der Waals surface area contributed by atoms with E-state index in [0.717, 1.165) is 13.0 Å². The summed E-state index contributed by atoms with van der Waals surface area (Å²) in [4.78, 5) is 0. The highest BCUT2D eigenvalue weighted by Gasteiger charge is 2.41. The van der Waals surface area contributed by atoms with Crippen LogP contribution in [-0.4, -0.2) is 57.2 Å². The van der Waals surface area contributed by atoms with Crippen LogP contribution in [0.5, 0.6) is 0 Å². The van der Waals surface area contributed by atoms with Gasteiger partial charge in [-0.1, -0.05) is 0 Å². The van der Waals surface area contributed by atoms with E-state index in [4.69, 9.17) is 4.74 Å². The van der Waals surface area contributed by atoms with Crippen LogP contribution in [0.4, 0.5) is 0 Å². The van der Waals surface area contributed by atoms with Crippen molar-refractivity contribution in [3.05, 3.63) is 0 Å². The molecule has 0 aromatic rings. The van der Waals surface area contributed by atoms with Gasteiger partial charge in [-0.2, -0.15) is 17.4 Å². The van der Waals surface area contributed by atoms with E-state index in [1.54, 1.807) is 7.05 Å². The van der Waals surface area contributed by atoms with E-state index in [9.17, 15) is 8.42 Å². The van der Waals surface area contributed by atoms with Gasteiger partial charge in [-0.25, -0.2) is 0 Å². The highest BCUT2D eigenvalue weighted by molar-refractivity contribution is 7.87. The molecular formula is C13H27N3O3S. The van der Waals surface area contributed by atoms with Crippen molar-refractivity contribution < 1.29 is 13.2 Å². The van der Waals surface area contributed by atoms with Gasteiger partial charge in [0.15, 0.2) is 0 Å². The summed E-state index contributed by atoms with van der Waals surface area (Å²) in [6.07, 6.45) is 3.96. The average molecular weight is 305 g/mol. The first-order valence-corrected chi connectivity index (χ1v) is 8.88. The van der Waals surface area contributed by atoms with Crippen LogP contribution < -0.4 is 10.0 Å². The lowest BCUT2D eigenvalue weighted by atomic mass is 9.97. The van der Waals surface area contributed by atoms with Crippen LogP contribution in [0.3, 0.4) is 0 Å². The number of hydrogen-bond acceptors (Lipinski definition) is 4. The largest absolute Gasteiger partial charge is 0.376 e. The molecule has 1 saturated carbocycles. The molecule has 1 aliphatic heterocycles. The Hall–Kier alpha value is -0.210. The third-order valence-corrected chi connectivity index (χ3v) is 6.05. The van der Waals surface area contributed by atoms with Crippen molar-refractivity contribution in [2.75, 3.05) is 26.7 Å². The Morgan fingerprint density at radius 1 is 1.40 bits per heavy atom. The standard InChI is InChI=1S/C13H27N3O3S/c1-11-13(2,7-10-19-11)15-20(17,18)16(3)9-4-8-14-12-5-6-12/h11-12,14-15H,4-10H2,1-3H3. The molecule has 7 heteroatoms. The van der Waals surface area contributed by atoms with E-state index in [0.29, 0.717) is 25.6 Å².